The predicted molar refractivity (Wildman–Crippen MR) is 104 cm³/mol. The van der Waals surface area contributed by atoms with Crippen LogP contribution in [0.3, 0.4) is 0 Å². The van der Waals surface area contributed by atoms with E-state index in [1.807, 2.05) is 48.5 Å². The van der Waals surface area contributed by atoms with Gasteiger partial charge in [-0.3, -0.25) is 0 Å². The monoisotopic (exact) mass is 466 g/mol. The smallest absolute Gasteiger partial charge is 0.191 e. The summed E-state index contributed by atoms with van der Waals surface area (Å²) in [5.41, 5.74) is 6.57. The molecule has 3 rings (SSSR count). The van der Waals surface area contributed by atoms with E-state index in [-0.39, 0.29) is 11.3 Å². The maximum atomic E-state index is 9.88. The quantitative estimate of drug-likeness (QED) is 0.681. The molecule has 0 saturated carbocycles. The lowest BCUT2D eigenvalue weighted by molar-refractivity contribution is 0.475. The third-order valence-corrected chi connectivity index (χ3v) is 5.81. The van der Waals surface area contributed by atoms with Crippen molar-refractivity contribution in [3.63, 3.8) is 0 Å². The normalized spacial score (nSPS) is 20.9. The number of nitrogens with zero attached hydrogens (tertiary/aromatic N) is 3. The van der Waals surface area contributed by atoms with Crippen LogP contribution in [0.5, 0.6) is 0 Å². The van der Waals surface area contributed by atoms with E-state index >= 15 is 0 Å². The molecule has 2 aromatic rings. The van der Waals surface area contributed by atoms with Gasteiger partial charge in [-0.15, -0.1) is 0 Å². The first-order valence-electron chi connectivity index (χ1n) is 7.72. The predicted octanol–water partition coefficient (Wildman–Crippen LogP) is 4.86. The van der Waals surface area contributed by atoms with Gasteiger partial charge in [0, 0.05) is 20.8 Å². The van der Waals surface area contributed by atoms with Crippen molar-refractivity contribution in [3.8, 4) is 18.2 Å². The van der Waals surface area contributed by atoms with Crippen LogP contribution in [0.1, 0.15) is 23.0 Å². The van der Waals surface area contributed by atoms with Crippen molar-refractivity contribution in [2.45, 2.75) is 11.8 Å². The summed E-state index contributed by atoms with van der Waals surface area (Å²) in [6, 6.07) is 21.3. The molecule has 26 heavy (non-hydrogen) atoms. The Labute approximate surface area is 168 Å². The maximum absolute atomic E-state index is 9.88. The topological polar surface area (TPSA) is 97.4 Å². The highest BCUT2D eigenvalue weighted by Gasteiger charge is 2.55. The van der Waals surface area contributed by atoms with E-state index in [2.05, 4.69) is 50.1 Å². The second-order valence-corrected chi connectivity index (χ2v) is 7.86. The summed E-state index contributed by atoms with van der Waals surface area (Å²) < 4.78 is 1.79. The van der Waals surface area contributed by atoms with Gasteiger partial charge in [-0.05, 0) is 35.4 Å². The van der Waals surface area contributed by atoms with E-state index in [0.29, 0.717) is 0 Å². The summed E-state index contributed by atoms with van der Waals surface area (Å²) in [6.07, 6.45) is 0. The molecule has 0 radical (unpaired) electrons. The molecule has 0 fully saturated rings. The van der Waals surface area contributed by atoms with Crippen LogP contribution in [0.4, 0.5) is 0 Å². The zero-order chi connectivity index (χ0) is 18.9. The fourth-order valence-electron chi connectivity index (χ4n) is 3.52. The van der Waals surface area contributed by atoms with E-state index in [1.54, 1.807) is 0 Å². The van der Waals surface area contributed by atoms with Crippen LogP contribution in [-0.4, -0.2) is 0 Å². The molecular weight excluding hydrogens is 456 g/mol. The Kier molecular flexibility index (Phi) is 4.88. The highest BCUT2D eigenvalue weighted by Crippen LogP contribution is 2.57. The molecule has 0 amide bonds. The van der Waals surface area contributed by atoms with Gasteiger partial charge in [-0.1, -0.05) is 56.1 Å². The Hall–Kier alpha value is -2.59. The molecule has 1 aliphatic carbocycles. The SMILES string of the molecule is N#CC1=C(N)C(C#N)(C#N)[C@@H](c2ccc(Br)cc2)[C@H]1c1ccc(Br)cc1. The highest BCUT2D eigenvalue weighted by molar-refractivity contribution is 9.10. The van der Waals surface area contributed by atoms with Gasteiger partial charge in [0.2, 0.25) is 0 Å². The molecule has 6 heteroatoms. The molecule has 0 heterocycles. The van der Waals surface area contributed by atoms with Crippen LogP contribution in [0.25, 0.3) is 0 Å². The van der Waals surface area contributed by atoms with Gasteiger partial charge in [-0.25, -0.2) is 0 Å². The summed E-state index contributed by atoms with van der Waals surface area (Å²) in [6.45, 7) is 0. The van der Waals surface area contributed by atoms with Crippen molar-refractivity contribution in [1.29, 1.82) is 15.8 Å². The third-order valence-electron chi connectivity index (χ3n) is 4.76. The highest BCUT2D eigenvalue weighted by atomic mass is 79.9. The average Bonchev–Trinajstić information content (AvgIpc) is 2.91. The van der Waals surface area contributed by atoms with Crippen LogP contribution < -0.4 is 5.73 Å². The number of rotatable bonds is 2. The van der Waals surface area contributed by atoms with Gasteiger partial charge < -0.3 is 5.73 Å². The van der Waals surface area contributed by atoms with Crippen molar-refractivity contribution < 1.29 is 0 Å². The molecule has 4 nitrogen and oxygen atoms in total. The van der Waals surface area contributed by atoms with Gasteiger partial charge in [0.25, 0.3) is 0 Å². The summed E-state index contributed by atoms with van der Waals surface area (Å²) in [7, 11) is 0. The van der Waals surface area contributed by atoms with Crippen LogP contribution in [0.15, 0.2) is 68.7 Å². The van der Waals surface area contributed by atoms with Crippen molar-refractivity contribution in [2.75, 3.05) is 0 Å². The summed E-state index contributed by atoms with van der Waals surface area (Å²) in [5.74, 6) is -1.03. The van der Waals surface area contributed by atoms with Crippen LogP contribution in [0.2, 0.25) is 0 Å². The Bertz CT molecular complexity index is 988. The Morgan fingerprint density at radius 2 is 1.27 bits per heavy atom. The average molecular weight is 468 g/mol. The molecular formula is C20H12Br2N4. The molecule has 0 spiro atoms. The molecule has 0 aliphatic heterocycles. The number of allylic oxidation sites excluding steroid dienone is 2. The third kappa shape index (κ3) is 2.71. The largest absolute Gasteiger partial charge is 0.399 e. The standard InChI is InChI=1S/C20H12Br2N4/c21-14-5-1-12(2-6-14)17-16(9-23)19(26)20(10-24,11-25)18(17)13-3-7-15(22)8-4-13/h1-8,17-18H,26H2/t17-,18-/m0/s1. The molecule has 0 aromatic heterocycles. The number of hydrogen-bond acceptors (Lipinski definition) is 4. The summed E-state index contributed by atoms with van der Waals surface area (Å²) in [4.78, 5) is 0. The molecule has 2 atom stereocenters. The Morgan fingerprint density at radius 3 is 1.69 bits per heavy atom. The van der Waals surface area contributed by atoms with Crippen molar-refractivity contribution in [1.82, 2.24) is 0 Å². The second kappa shape index (κ2) is 6.96. The van der Waals surface area contributed by atoms with Crippen LogP contribution in [0, 0.1) is 39.4 Å². The number of halogens is 2. The van der Waals surface area contributed by atoms with Gasteiger partial charge in [0.05, 0.1) is 29.5 Å². The minimum absolute atomic E-state index is 0.0471. The number of nitrogens with two attached hydrogens (primary N) is 1. The first-order chi connectivity index (χ1) is 12.5. The molecule has 2 aromatic carbocycles. The molecule has 126 valence electrons. The van der Waals surface area contributed by atoms with Gasteiger partial charge in [-0.2, -0.15) is 15.8 Å². The van der Waals surface area contributed by atoms with Gasteiger partial charge in [0.15, 0.2) is 5.41 Å². The maximum Gasteiger partial charge on any atom is 0.191 e. The Morgan fingerprint density at radius 1 is 0.808 bits per heavy atom. The van der Waals surface area contributed by atoms with Crippen molar-refractivity contribution in [2.24, 2.45) is 11.1 Å². The zero-order valence-corrected chi connectivity index (χ0v) is 16.6. The van der Waals surface area contributed by atoms with Crippen LogP contribution >= 0.6 is 31.9 Å². The summed E-state index contributed by atoms with van der Waals surface area (Å²) in [5, 5.41) is 29.5. The lowest BCUT2D eigenvalue weighted by Crippen LogP contribution is -2.29. The minimum atomic E-state index is -1.59. The first kappa shape index (κ1) is 18.2. The summed E-state index contributed by atoms with van der Waals surface area (Å²) >= 11 is 6.80. The fraction of sp³-hybridized carbons (Fsp3) is 0.150. The van der Waals surface area contributed by atoms with E-state index in [0.717, 1.165) is 20.1 Å². The van der Waals surface area contributed by atoms with E-state index in [9.17, 15) is 15.8 Å². The molecule has 0 unspecified atom stereocenters. The first-order valence-corrected chi connectivity index (χ1v) is 9.30. The zero-order valence-electron chi connectivity index (χ0n) is 13.4. The minimum Gasteiger partial charge on any atom is -0.399 e. The second-order valence-electron chi connectivity index (χ2n) is 6.03. The van der Waals surface area contributed by atoms with E-state index in [1.165, 1.54) is 0 Å². The fourth-order valence-corrected chi connectivity index (χ4v) is 4.05. The molecule has 0 bridgehead atoms. The van der Waals surface area contributed by atoms with Gasteiger partial charge in [0.1, 0.15) is 0 Å². The number of benzene rings is 2. The van der Waals surface area contributed by atoms with Crippen LogP contribution in [-0.2, 0) is 0 Å². The number of nitriles is 3. The van der Waals surface area contributed by atoms with Crippen molar-refractivity contribution >= 4 is 31.9 Å². The Balaban J connectivity index is 2.29. The molecule has 0 saturated heterocycles. The van der Waals surface area contributed by atoms with Crippen molar-refractivity contribution in [3.05, 3.63) is 79.9 Å². The lowest BCUT2D eigenvalue weighted by atomic mass is 9.70. The molecule has 2 N–H and O–H groups in total. The number of hydrogen-bond donors (Lipinski definition) is 1. The van der Waals surface area contributed by atoms with E-state index < -0.39 is 17.3 Å². The van der Waals surface area contributed by atoms with E-state index in [4.69, 9.17) is 5.73 Å². The lowest BCUT2D eigenvalue weighted by Gasteiger charge is -2.28. The molecule has 1 aliphatic rings. The van der Waals surface area contributed by atoms with Gasteiger partial charge >= 0.3 is 0 Å².